The number of aliphatic hydroxyl groups is 3. The van der Waals surface area contributed by atoms with E-state index in [1.54, 1.807) is 36.5 Å². The SMILES string of the molecule is Cc1cccc(O[C@@H]2O[C@H](CO)[C@H](O)[C@H](O)[C@H]2NC(=O)C(F)(F)F)c1-c1cccc(NS(C)(=O)=O)c1. The van der Waals surface area contributed by atoms with Gasteiger partial charge in [-0.15, -0.1) is 0 Å². The highest BCUT2D eigenvalue weighted by atomic mass is 32.2. The fourth-order valence-corrected chi connectivity index (χ4v) is 4.31. The molecule has 1 heterocycles. The number of aliphatic hydroxyl groups excluding tert-OH is 3. The molecule has 5 atom stereocenters. The Morgan fingerprint density at radius 2 is 1.81 bits per heavy atom. The Kier molecular flexibility index (Phi) is 8.15. The average Bonchev–Trinajstić information content (AvgIpc) is 2.77. The van der Waals surface area contributed by atoms with E-state index < -0.39 is 59.4 Å². The second kappa shape index (κ2) is 10.6. The second-order valence-corrected chi connectivity index (χ2v) is 9.97. The van der Waals surface area contributed by atoms with Crippen LogP contribution < -0.4 is 14.8 Å². The van der Waals surface area contributed by atoms with Crippen LogP contribution in [0.4, 0.5) is 18.9 Å². The van der Waals surface area contributed by atoms with Crippen LogP contribution in [0, 0.1) is 6.92 Å². The van der Waals surface area contributed by atoms with Crippen LogP contribution in [0.15, 0.2) is 42.5 Å². The molecule has 1 amide bonds. The smallest absolute Gasteiger partial charge is 0.462 e. The van der Waals surface area contributed by atoms with Crippen molar-refractivity contribution >= 4 is 21.6 Å². The number of anilines is 1. The first-order valence-corrected chi connectivity index (χ1v) is 12.4. The van der Waals surface area contributed by atoms with Gasteiger partial charge in [-0.05, 0) is 36.2 Å². The number of carbonyl (C=O) groups is 1. The summed E-state index contributed by atoms with van der Waals surface area (Å²) in [4.78, 5) is 11.6. The van der Waals surface area contributed by atoms with E-state index in [1.165, 1.54) is 18.2 Å². The lowest BCUT2D eigenvalue weighted by molar-refractivity contribution is -0.247. The molecule has 0 radical (unpaired) electrons. The topological polar surface area (TPSA) is 154 Å². The number of carbonyl (C=O) groups excluding carboxylic acids is 1. The average molecular weight is 535 g/mol. The van der Waals surface area contributed by atoms with Gasteiger partial charge in [0.15, 0.2) is 0 Å². The van der Waals surface area contributed by atoms with E-state index in [4.69, 9.17) is 9.47 Å². The van der Waals surface area contributed by atoms with Crippen molar-refractivity contribution in [1.29, 1.82) is 0 Å². The molecule has 1 saturated heterocycles. The van der Waals surface area contributed by atoms with Gasteiger partial charge >= 0.3 is 12.1 Å². The number of benzene rings is 2. The van der Waals surface area contributed by atoms with E-state index in [-0.39, 0.29) is 11.4 Å². The molecular formula is C22H25F3N2O8S. The van der Waals surface area contributed by atoms with E-state index in [9.17, 15) is 41.7 Å². The van der Waals surface area contributed by atoms with Crippen LogP contribution in [0.25, 0.3) is 11.1 Å². The van der Waals surface area contributed by atoms with E-state index in [0.29, 0.717) is 16.7 Å². The molecule has 1 aliphatic rings. The molecule has 10 nitrogen and oxygen atoms in total. The van der Waals surface area contributed by atoms with Gasteiger partial charge in [0.1, 0.15) is 30.1 Å². The highest BCUT2D eigenvalue weighted by Crippen LogP contribution is 2.36. The van der Waals surface area contributed by atoms with Crippen molar-refractivity contribution in [3.8, 4) is 16.9 Å². The molecule has 1 aliphatic heterocycles. The standard InChI is InChI=1S/C22H25F3N2O8S/c1-11-5-3-8-14(16(11)12-6-4-7-13(9-12)27-36(2,32)33)34-20-17(26-21(31)22(23,24)25)19(30)18(29)15(10-28)35-20/h3-9,15,17-20,27-30H,10H2,1-2H3,(H,26,31)/t15-,17-,18+,19-,20-/m1/s1. The number of rotatable bonds is 7. The number of halogens is 3. The molecule has 198 valence electrons. The number of sulfonamides is 1. The van der Waals surface area contributed by atoms with Gasteiger partial charge in [-0.25, -0.2) is 8.42 Å². The molecule has 5 N–H and O–H groups in total. The molecule has 2 aromatic rings. The van der Waals surface area contributed by atoms with E-state index >= 15 is 0 Å². The molecule has 0 aromatic heterocycles. The molecule has 2 aromatic carbocycles. The monoisotopic (exact) mass is 534 g/mol. The highest BCUT2D eigenvalue weighted by Gasteiger charge is 2.49. The van der Waals surface area contributed by atoms with Crippen molar-refractivity contribution in [2.24, 2.45) is 0 Å². The summed E-state index contributed by atoms with van der Waals surface area (Å²) in [7, 11) is -3.58. The second-order valence-electron chi connectivity index (χ2n) is 8.22. The number of amides is 1. The first-order chi connectivity index (χ1) is 16.7. The van der Waals surface area contributed by atoms with Gasteiger partial charge in [0.05, 0.1) is 12.9 Å². The Morgan fingerprint density at radius 3 is 2.42 bits per heavy atom. The summed E-state index contributed by atoms with van der Waals surface area (Å²) in [5.74, 6) is -2.33. The molecule has 0 spiro atoms. The molecule has 0 saturated carbocycles. The van der Waals surface area contributed by atoms with Crippen LogP contribution in [0.3, 0.4) is 0 Å². The number of hydrogen-bond donors (Lipinski definition) is 5. The third-order valence-electron chi connectivity index (χ3n) is 5.37. The summed E-state index contributed by atoms with van der Waals surface area (Å²) in [6.45, 7) is 0.913. The Labute approximate surface area is 204 Å². The lowest BCUT2D eigenvalue weighted by atomic mass is 9.96. The maximum Gasteiger partial charge on any atom is 0.471 e. The van der Waals surface area contributed by atoms with E-state index in [1.807, 2.05) is 0 Å². The molecule has 1 fully saturated rings. The van der Waals surface area contributed by atoms with Crippen LogP contribution in [0.1, 0.15) is 5.56 Å². The molecule has 0 bridgehead atoms. The molecule has 0 unspecified atom stereocenters. The van der Waals surface area contributed by atoms with E-state index in [0.717, 1.165) is 6.26 Å². The summed E-state index contributed by atoms with van der Waals surface area (Å²) < 4.78 is 75.5. The zero-order valence-corrected chi connectivity index (χ0v) is 19.9. The fraction of sp³-hybridized carbons (Fsp3) is 0.409. The van der Waals surface area contributed by atoms with Crippen molar-refractivity contribution in [3.05, 3.63) is 48.0 Å². The summed E-state index contributed by atoms with van der Waals surface area (Å²) in [6, 6.07) is 9.12. The summed E-state index contributed by atoms with van der Waals surface area (Å²) in [6.07, 6.45) is -11.3. The first kappa shape index (κ1) is 27.7. The summed E-state index contributed by atoms with van der Waals surface area (Å²) in [5.41, 5.74) is 1.77. The van der Waals surface area contributed by atoms with Gasteiger partial charge < -0.3 is 30.1 Å². The van der Waals surface area contributed by atoms with Crippen molar-refractivity contribution in [2.75, 3.05) is 17.6 Å². The predicted molar refractivity (Wildman–Crippen MR) is 121 cm³/mol. The van der Waals surface area contributed by atoms with Gasteiger partial charge in [-0.3, -0.25) is 9.52 Å². The van der Waals surface area contributed by atoms with E-state index in [2.05, 4.69) is 4.72 Å². The minimum absolute atomic E-state index is 0.0584. The lowest BCUT2D eigenvalue weighted by Gasteiger charge is -2.42. The largest absolute Gasteiger partial charge is 0.471 e. The summed E-state index contributed by atoms with van der Waals surface area (Å²) >= 11 is 0. The maximum absolute atomic E-state index is 12.9. The molecular weight excluding hydrogens is 509 g/mol. The number of ether oxygens (including phenoxy) is 2. The zero-order valence-electron chi connectivity index (χ0n) is 19.1. The number of aryl methyl sites for hydroxylation is 1. The normalized spacial score (nSPS) is 24.7. The number of nitrogens with one attached hydrogen (secondary N) is 2. The maximum atomic E-state index is 12.9. The van der Waals surface area contributed by atoms with Crippen LogP contribution in [-0.2, 0) is 19.6 Å². The van der Waals surface area contributed by atoms with Crippen LogP contribution in [-0.4, -0.2) is 79.3 Å². The van der Waals surface area contributed by atoms with Gasteiger partial charge in [-0.2, -0.15) is 13.2 Å². The van der Waals surface area contributed by atoms with Gasteiger partial charge in [0, 0.05) is 11.3 Å². The van der Waals surface area contributed by atoms with Gasteiger partial charge in [0.2, 0.25) is 16.3 Å². The minimum atomic E-state index is -5.29. The Balaban J connectivity index is 2.01. The van der Waals surface area contributed by atoms with Gasteiger partial charge in [-0.1, -0.05) is 24.3 Å². The molecule has 14 heteroatoms. The van der Waals surface area contributed by atoms with Crippen molar-refractivity contribution < 1.29 is 51.2 Å². The van der Waals surface area contributed by atoms with Crippen LogP contribution in [0.2, 0.25) is 0 Å². The predicted octanol–water partition coefficient (Wildman–Crippen LogP) is 0.898. The molecule has 3 rings (SSSR count). The Bertz CT molecular complexity index is 1210. The zero-order chi connectivity index (χ0) is 26.8. The number of alkyl halides is 3. The highest BCUT2D eigenvalue weighted by molar-refractivity contribution is 7.92. The van der Waals surface area contributed by atoms with Crippen LogP contribution >= 0.6 is 0 Å². The van der Waals surface area contributed by atoms with Crippen molar-refractivity contribution in [1.82, 2.24) is 5.32 Å². The summed E-state index contributed by atoms with van der Waals surface area (Å²) in [5, 5.41) is 31.6. The Hall–Kier alpha value is -2.91. The lowest BCUT2D eigenvalue weighted by Crippen LogP contribution is -2.66. The van der Waals surface area contributed by atoms with Crippen LogP contribution in [0.5, 0.6) is 5.75 Å². The first-order valence-electron chi connectivity index (χ1n) is 10.6. The minimum Gasteiger partial charge on any atom is -0.462 e. The van der Waals surface area contributed by atoms with Crippen molar-refractivity contribution in [2.45, 2.75) is 43.7 Å². The fourth-order valence-electron chi connectivity index (χ4n) is 3.76. The third kappa shape index (κ3) is 6.44. The Morgan fingerprint density at radius 1 is 1.14 bits per heavy atom. The third-order valence-corrected chi connectivity index (χ3v) is 5.97. The molecule has 36 heavy (non-hydrogen) atoms. The van der Waals surface area contributed by atoms with Gasteiger partial charge in [0.25, 0.3) is 0 Å². The number of hydrogen-bond acceptors (Lipinski definition) is 8. The molecule has 0 aliphatic carbocycles. The van der Waals surface area contributed by atoms with Crippen molar-refractivity contribution in [3.63, 3.8) is 0 Å². The quantitative estimate of drug-likeness (QED) is 0.351.